The molecule has 138 valence electrons. The lowest BCUT2D eigenvalue weighted by Gasteiger charge is -2.26. The van der Waals surface area contributed by atoms with E-state index in [0.29, 0.717) is 18.5 Å². The SMILES string of the molecule is COC(=O)c1ccc(S(=O)(=O)C(C)C)c([C@H]2[C@@H](C(=O)O)CCN2C)c1. The van der Waals surface area contributed by atoms with E-state index in [-0.39, 0.29) is 10.5 Å². The summed E-state index contributed by atoms with van der Waals surface area (Å²) in [6, 6.07) is 3.60. The van der Waals surface area contributed by atoms with Crippen LogP contribution in [0.5, 0.6) is 0 Å². The van der Waals surface area contributed by atoms with Crippen LogP contribution >= 0.6 is 0 Å². The van der Waals surface area contributed by atoms with Crippen molar-refractivity contribution in [3.8, 4) is 0 Å². The molecule has 1 heterocycles. The first kappa shape index (κ1) is 19.4. The molecule has 7 nitrogen and oxygen atoms in total. The molecule has 0 aromatic heterocycles. The number of carboxylic acids is 1. The van der Waals surface area contributed by atoms with Gasteiger partial charge in [-0.25, -0.2) is 13.2 Å². The first-order chi connectivity index (χ1) is 11.6. The standard InChI is InChI=1S/C17H23NO6S/c1-10(2)25(22,23)14-6-5-11(17(21)24-4)9-13(14)15-12(16(19)20)7-8-18(15)3/h5-6,9-10,12,15H,7-8H2,1-4H3,(H,19,20)/t12-,15+/m0/s1. The normalized spacial score (nSPS) is 21.5. The van der Waals surface area contributed by atoms with Crippen molar-refractivity contribution in [3.05, 3.63) is 29.3 Å². The monoisotopic (exact) mass is 369 g/mol. The zero-order chi connectivity index (χ0) is 18.9. The summed E-state index contributed by atoms with van der Waals surface area (Å²) >= 11 is 0. The number of rotatable bonds is 5. The molecule has 2 atom stereocenters. The molecule has 1 N–H and O–H groups in total. The van der Waals surface area contributed by atoms with E-state index in [1.807, 2.05) is 4.90 Å². The summed E-state index contributed by atoms with van der Waals surface area (Å²) in [6.07, 6.45) is 0.417. The van der Waals surface area contributed by atoms with E-state index in [4.69, 9.17) is 4.74 Å². The number of methoxy groups -OCH3 is 1. The summed E-state index contributed by atoms with van der Waals surface area (Å²) in [7, 11) is -0.646. The number of benzene rings is 1. The lowest BCUT2D eigenvalue weighted by atomic mass is 9.92. The fourth-order valence-corrected chi connectivity index (χ4v) is 4.47. The maximum absolute atomic E-state index is 12.8. The molecule has 1 aromatic rings. The largest absolute Gasteiger partial charge is 0.481 e. The van der Waals surface area contributed by atoms with Crippen LogP contribution in [0.1, 0.15) is 42.2 Å². The van der Waals surface area contributed by atoms with Gasteiger partial charge < -0.3 is 9.84 Å². The van der Waals surface area contributed by atoms with Gasteiger partial charge in [-0.2, -0.15) is 0 Å². The molecule has 0 saturated carbocycles. The highest BCUT2D eigenvalue weighted by molar-refractivity contribution is 7.92. The molecule has 2 rings (SSSR count). The van der Waals surface area contributed by atoms with Gasteiger partial charge in [0.15, 0.2) is 9.84 Å². The van der Waals surface area contributed by atoms with Crippen LogP contribution in [0.15, 0.2) is 23.1 Å². The highest BCUT2D eigenvalue weighted by atomic mass is 32.2. The maximum atomic E-state index is 12.8. The van der Waals surface area contributed by atoms with Crippen LogP contribution in [-0.4, -0.2) is 56.3 Å². The van der Waals surface area contributed by atoms with Gasteiger partial charge in [0.1, 0.15) is 0 Å². The molecule has 1 fully saturated rings. The second kappa shape index (κ2) is 7.13. The van der Waals surface area contributed by atoms with Gasteiger partial charge in [-0.15, -0.1) is 0 Å². The quantitative estimate of drug-likeness (QED) is 0.789. The summed E-state index contributed by atoms with van der Waals surface area (Å²) in [4.78, 5) is 25.4. The van der Waals surface area contributed by atoms with Crippen LogP contribution in [-0.2, 0) is 19.4 Å². The first-order valence-electron chi connectivity index (χ1n) is 8.00. The first-order valence-corrected chi connectivity index (χ1v) is 9.55. The molecule has 1 aliphatic heterocycles. The van der Waals surface area contributed by atoms with Crippen LogP contribution in [0.2, 0.25) is 0 Å². The molecular formula is C17H23NO6S. The topological polar surface area (TPSA) is 101 Å². The van der Waals surface area contributed by atoms with E-state index in [1.165, 1.54) is 25.3 Å². The summed E-state index contributed by atoms with van der Waals surface area (Å²) in [5, 5.41) is 8.86. The Hall–Kier alpha value is -1.93. The van der Waals surface area contributed by atoms with Crippen molar-refractivity contribution in [1.82, 2.24) is 4.90 Å². The van der Waals surface area contributed by atoms with Crippen LogP contribution < -0.4 is 0 Å². The maximum Gasteiger partial charge on any atom is 0.337 e. The Bertz CT molecular complexity index is 786. The molecule has 0 aliphatic carbocycles. The van der Waals surface area contributed by atoms with Gasteiger partial charge in [-0.3, -0.25) is 9.69 Å². The molecule has 0 amide bonds. The average Bonchev–Trinajstić information content (AvgIpc) is 2.95. The number of carbonyl (C=O) groups excluding carboxylic acids is 1. The van der Waals surface area contributed by atoms with Gasteiger partial charge in [0, 0.05) is 6.04 Å². The number of esters is 1. The molecule has 0 radical (unpaired) electrons. The summed E-state index contributed by atoms with van der Waals surface area (Å²) in [5.41, 5.74) is 0.536. The van der Waals surface area contributed by atoms with E-state index in [0.717, 1.165) is 0 Å². The van der Waals surface area contributed by atoms with Crippen LogP contribution in [0, 0.1) is 5.92 Å². The molecule has 0 unspecified atom stereocenters. The molecule has 1 aliphatic rings. The molecule has 1 saturated heterocycles. The van der Waals surface area contributed by atoms with Crippen molar-refractivity contribution in [2.45, 2.75) is 36.5 Å². The Labute approximate surface area is 147 Å². The van der Waals surface area contributed by atoms with Gasteiger partial charge >= 0.3 is 11.9 Å². The fraction of sp³-hybridized carbons (Fsp3) is 0.529. The van der Waals surface area contributed by atoms with Gasteiger partial charge in [-0.05, 0) is 57.6 Å². The van der Waals surface area contributed by atoms with E-state index in [2.05, 4.69) is 0 Å². The lowest BCUT2D eigenvalue weighted by molar-refractivity contribution is -0.142. The molecule has 25 heavy (non-hydrogen) atoms. The Morgan fingerprint density at radius 1 is 1.32 bits per heavy atom. The van der Waals surface area contributed by atoms with Crippen molar-refractivity contribution >= 4 is 21.8 Å². The summed E-state index contributed by atoms with van der Waals surface area (Å²) < 4.78 is 30.2. The Morgan fingerprint density at radius 2 is 1.96 bits per heavy atom. The van der Waals surface area contributed by atoms with Gasteiger partial charge in [0.05, 0.1) is 28.7 Å². The van der Waals surface area contributed by atoms with Crippen LogP contribution in [0.3, 0.4) is 0 Å². The van der Waals surface area contributed by atoms with Crippen molar-refractivity contribution in [2.24, 2.45) is 5.92 Å². The molecule has 0 bridgehead atoms. The second-order valence-corrected chi connectivity index (χ2v) is 8.97. The third-order valence-electron chi connectivity index (χ3n) is 4.64. The zero-order valence-electron chi connectivity index (χ0n) is 14.7. The van der Waals surface area contributed by atoms with E-state index >= 15 is 0 Å². The van der Waals surface area contributed by atoms with E-state index in [9.17, 15) is 23.1 Å². The van der Waals surface area contributed by atoms with Crippen molar-refractivity contribution in [1.29, 1.82) is 0 Å². The summed E-state index contributed by atoms with van der Waals surface area (Å²) in [5.74, 6) is -2.31. The zero-order valence-corrected chi connectivity index (χ0v) is 15.5. The number of likely N-dealkylation sites (tertiary alicyclic amines) is 1. The van der Waals surface area contributed by atoms with Gasteiger partial charge in [-0.1, -0.05) is 0 Å². The molecule has 8 heteroatoms. The third-order valence-corrected chi connectivity index (χ3v) is 6.87. The Balaban J connectivity index is 2.71. The Kier molecular flexibility index (Phi) is 5.53. The number of nitrogens with zero attached hydrogens (tertiary/aromatic N) is 1. The van der Waals surface area contributed by atoms with E-state index < -0.39 is 39.0 Å². The highest BCUT2D eigenvalue weighted by Gasteiger charge is 2.41. The number of ether oxygens (including phenoxy) is 1. The van der Waals surface area contributed by atoms with Crippen LogP contribution in [0.25, 0.3) is 0 Å². The molecular weight excluding hydrogens is 346 g/mol. The number of sulfone groups is 1. The average molecular weight is 369 g/mol. The lowest BCUT2D eigenvalue weighted by Crippen LogP contribution is -2.28. The third kappa shape index (κ3) is 3.55. The molecule has 0 spiro atoms. The van der Waals surface area contributed by atoms with Crippen molar-refractivity contribution in [2.75, 3.05) is 20.7 Å². The smallest absolute Gasteiger partial charge is 0.337 e. The number of hydrogen-bond donors (Lipinski definition) is 1. The van der Waals surface area contributed by atoms with E-state index in [1.54, 1.807) is 20.9 Å². The second-order valence-electron chi connectivity index (χ2n) is 6.50. The minimum absolute atomic E-state index is 0.0696. The molecule has 1 aromatic carbocycles. The highest BCUT2D eigenvalue weighted by Crippen LogP contribution is 2.40. The van der Waals surface area contributed by atoms with Crippen LogP contribution in [0.4, 0.5) is 0 Å². The Morgan fingerprint density at radius 3 is 2.48 bits per heavy atom. The predicted molar refractivity (Wildman–Crippen MR) is 91.2 cm³/mol. The minimum Gasteiger partial charge on any atom is -0.481 e. The minimum atomic E-state index is -3.64. The van der Waals surface area contributed by atoms with Crippen molar-refractivity contribution in [3.63, 3.8) is 0 Å². The summed E-state index contributed by atoms with van der Waals surface area (Å²) in [6.45, 7) is 3.67. The number of aliphatic carboxylic acids is 1. The fourth-order valence-electron chi connectivity index (χ4n) is 3.20. The predicted octanol–water partition coefficient (Wildman–Crippen LogP) is 1.73. The van der Waals surface area contributed by atoms with Gasteiger partial charge in [0.25, 0.3) is 0 Å². The number of carboxylic acid groups (broad SMARTS) is 1. The number of carbonyl (C=O) groups is 2. The van der Waals surface area contributed by atoms with Crippen molar-refractivity contribution < 1.29 is 27.9 Å². The number of hydrogen-bond acceptors (Lipinski definition) is 6. The van der Waals surface area contributed by atoms with Gasteiger partial charge in [0.2, 0.25) is 0 Å².